The van der Waals surface area contributed by atoms with Gasteiger partial charge in [-0.15, -0.1) is 0 Å². The summed E-state index contributed by atoms with van der Waals surface area (Å²) in [6.45, 7) is 4.12. The number of carbonyl (C=O) groups excluding carboxylic acids is 1. The number of methoxy groups -OCH3 is 1. The number of nitrogens with zero attached hydrogens (tertiary/aromatic N) is 1. The largest absolute Gasteiger partial charge is 0.496 e. The van der Waals surface area contributed by atoms with Crippen molar-refractivity contribution in [3.8, 4) is 5.75 Å². The monoisotopic (exact) mass is 367 g/mol. The first kappa shape index (κ1) is 18.9. The van der Waals surface area contributed by atoms with Crippen molar-refractivity contribution in [3.63, 3.8) is 0 Å². The van der Waals surface area contributed by atoms with Crippen LogP contribution in [0.1, 0.15) is 33.8 Å². The average Bonchev–Trinajstić information content (AvgIpc) is 2.88. The van der Waals surface area contributed by atoms with Crippen LogP contribution in [-0.2, 0) is 16.4 Å². The molecule has 0 fully saturated rings. The van der Waals surface area contributed by atoms with Crippen LogP contribution >= 0.6 is 0 Å². The normalized spacial score (nSPS) is 11.4. The Labute approximate surface area is 146 Å². The molecule has 2 rings (SSSR count). The minimum absolute atomic E-state index is 0.117. The lowest BCUT2D eigenvalue weighted by Crippen LogP contribution is -2.26. The number of ether oxygens (including phenoxy) is 1. The maximum atomic E-state index is 12.3. The summed E-state index contributed by atoms with van der Waals surface area (Å²) in [4.78, 5) is 12.2. The fourth-order valence-corrected chi connectivity index (χ4v) is 3.00. The Kier molecular flexibility index (Phi) is 5.81. The predicted octanol–water partition coefficient (Wildman–Crippen LogP) is 1.31. The fraction of sp³-hybridized carbons (Fsp3) is 0.375. The molecule has 2 aromatic rings. The molecule has 9 heteroatoms. The lowest BCUT2D eigenvalue weighted by Gasteiger charge is -2.10. The summed E-state index contributed by atoms with van der Waals surface area (Å²) in [5.41, 5.74) is 1.99. The second-order valence-corrected chi connectivity index (χ2v) is 7.13. The average molecular weight is 367 g/mol. The van der Waals surface area contributed by atoms with Crippen molar-refractivity contribution in [2.75, 3.05) is 13.7 Å². The maximum Gasteiger partial charge on any atom is 0.255 e. The quantitative estimate of drug-likeness (QED) is 0.711. The number of aromatic nitrogens is 1. The Morgan fingerprint density at radius 1 is 1.36 bits per heavy atom. The van der Waals surface area contributed by atoms with Gasteiger partial charge in [0, 0.05) is 12.1 Å². The lowest BCUT2D eigenvalue weighted by molar-refractivity contribution is 0.0950. The molecule has 0 saturated carbocycles. The van der Waals surface area contributed by atoms with Crippen LogP contribution in [0.25, 0.3) is 0 Å². The van der Waals surface area contributed by atoms with Gasteiger partial charge in [0.15, 0.2) is 0 Å². The summed E-state index contributed by atoms with van der Waals surface area (Å²) in [6.07, 6.45) is 1.40. The van der Waals surface area contributed by atoms with E-state index in [0.29, 0.717) is 13.0 Å². The molecule has 0 unspecified atom stereocenters. The number of aryl methyl sites for hydroxylation is 2. The number of nitrogens with two attached hydrogens (primary N) is 1. The van der Waals surface area contributed by atoms with Gasteiger partial charge in [0.1, 0.15) is 11.5 Å². The van der Waals surface area contributed by atoms with Gasteiger partial charge in [-0.2, -0.15) is 0 Å². The van der Waals surface area contributed by atoms with Crippen LogP contribution in [-0.4, -0.2) is 33.1 Å². The van der Waals surface area contributed by atoms with Gasteiger partial charge in [0.05, 0.1) is 23.3 Å². The molecule has 0 aliphatic rings. The zero-order valence-corrected chi connectivity index (χ0v) is 15.1. The zero-order valence-electron chi connectivity index (χ0n) is 14.3. The summed E-state index contributed by atoms with van der Waals surface area (Å²) < 4.78 is 33.1. The van der Waals surface area contributed by atoms with Gasteiger partial charge in [0.2, 0.25) is 10.0 Å². The third kappa shape index (κ3) is 4.58. The Hall–Kier alpha value is -2.39. The molecule has 1 aromatic heterocycles. The Morgan fingerprint density at radius 3 is 2.64 bits per heavy atom. The zero-order chi connectivity index (χ0) is 18.6. The van der Waals surface area contributed by atoms with Crippen molar-refractivity contribution in [1.29, 1.82) is 0 Å². The molecule has 8 nitrogen and oxygen atoms in total. The van der Waals surface area contributed by atoms with Crippen LogP contribution in [0.5, 0.6) is 5.75 Å². The van der Waals surface area contributed by atoms with E-state index in [1.807, 2.05) is 13.8 Å². The molecule has 1 heterocycles. The van der Waals surface area contributed by atoms with Crippen molar-refractivity contribution in [2.24, 2.45) is 5.14 Å². The third-order valence-electron chi connectivity index (χ3n) is 3.81. The highest BCUT2D eigenvalue weighted by atomic mass is 32.2. The summed E-state index contributed by atoms with van der Waals surface area (Å²) in [5.74, 6) is 0.614. The van der Waals surface area contributed by atoms with Crippen molar-refractivity contribution in [1.82, 2.24) is 10.5 Å². The van der Waals surface area contributed by atoms with Gasteiger partial charge in [-0.25, -0.2) is 13.6 Å². The molecule has 3 N–H and O–H groups in total. The van der Waals surface area contributed by atoms with Gasteiger partial charge < -0.3 is 14.6 Å². The van der Waals surface area contributed by atoms with Gasteiger partial charge >= 0.3 is 0 Å². The highest BCUT2D eigenvalue weighted by Gasteiger charge is 2.17. The number of sulfonamides is 1. The minimum atomic E-state index is -3.90. The smallest absolute Gasteiger partial charge is 0.255 e. The highest BCUT2D eigenvalue weighted by molar-refractivity contribution is 7.89. The molecule has 0 bridgehead atoms. The third-order valence-corrected chi connectivity index (χ3v) is 4.73. The number of nitrogens with one attached hydrogen (secondary N) is 1. The van der Waals surface area contributed by atoms with Gasteiger partial charge in [0.25, 0.3) is 5.91 Å². The SMILES string of the molecule is COc1ccc(S(N)(=O)=O)cc1C(=O)NCCCc1c(C)noc1C. The van der Waals surface area contributed by atoms with Crippen LogP contribution in [0.15, 0.2) is 27.6 Å². The fourth-order valence-electron chi connectivity index (χ4n) is 2.46. The molecule has 0 atom stereocenters. The van der Waals surface area contributed by atoms with E-state index in [1.165, 1.54) is 25.3 Å². The molecule has 0 spiro atoms. The summed E-state index contributed by atoms with van der Waals surface area (Å²) >= 11 is 0. The lowest BCUT2D eigenvalue weighted by atomic mass is 10.1. The van der Waals surface area contributed by atoms with Crippen molar-refractivity contribution in [3.05, 3.63) is 40.8 Å². The van der Waals surface area contributed by atoms with E-state index in [1.54, 1.807) is 0 Å². The summed E-state index contributed by atoms with van der Waals surface area (Å²) in [6, 6.07) is 3.90. The van der Waals surface area contributed by atoms with Crippen LogP contribution in [0.4, 0.5) is 0 Å². The molecule has 1 aromatic carbocycles. The first-order chi connectivity index (χ1) is 11.7. The van der Waals surface area contributed by atoms with Crippen molar-refractivity contribution < 1.29 is 22.5 Å². The Morgan fingerprint density at radius 2 is 2.08 bits per heavy atom. The molecule has 0 aliphatic heterocycles. The number of carbonyl (C=O) groups is 1. The number of primary sulfonamides is 1. The first-order valence-corrected chi connectivity index (χ1v) is 9.19. The number of rotatable bonds is 7. The summed E-state index contributed by atoms with van der Waals surface area (Å²) in [5, 5.41) is 11.7. The van der Waals surface area contributed by atoms with E-state index in [9.17, 15) is 13.2 Å². The van der Waals surface area contributed by atoms with E-state index in [-0.39, 0.29) is 16.2 Å². The summed E-state index contributed by atoms with van der Waals surface area (Å²) in [7, 11) is -2.50. The Balaban J connectivity index is 2.03. The van der Waals surface area contributed by atoms with Gasteiger partial charge in [-0.05, 0) is 44.9 Å². The molecule has 0 saturated heterocycles. The van der Waals surface area contributed by atoms with Crippen LogP contribution < -0.4 is 15.2 Å². The van der Waals surface area contributed by atoms with Crippen molar-refractivity contribution >= 4 is 15.9 Å². The Bertz CT molecular complexity index is 854. The maximum absolute atomic E-state index is 12.3. The molecule has 0 aliphatic carbocycles. The second-order valence-electron chi connectivity index (χ2n) is 5.57. The van der Waals surface area contributed by atoms with Gasteiger partial charge in [-0.3, -0.25) is 4.79 Å². The van der Waals surface area contributed by atoms with E-state index in [2.05, 4.69) is 10.5 Å². The van der Waals surface area contributed by atoms with E-state index in [0.717, 1.165) is 23.4 Å². The standard InChI is InChI=1S/C16H21N3O5S/c1-10-13(11(2)24-19-10)5-4-8-18-16(20)14-9-12(25(17,21)22)6-7-15(14)23-3/h6-7,9H,4-5,8H2,1-3H3,(H,18,20)(H2,17,21,22). The number of hydrogen-bond donors (Lipinski definition) is 2. The number of hydrogen-bond acceptors (Lipinski definition) is 6. The first-order valence-electron chi connectivity index (χ1n) is 7.65. The van der Waals surface area contributed by atoms with Crippen LogP contribution in [0.3, 0.4) is 0 Å². The number of amides is 1. The van der Waals surface area contributed by atoms with Crippen LogP contribution in [0.2, 0.25) is 0 Å². The number of benzene rings is 1. The van der Waals surface area contributed by atoms with E-state index >= 15 is 0 Å². The minimum Gasteiger partial charge on any atom is -0.496 e. The van der Waals surface area contributed by atoms with Crippen molar-refractivity contribution in [2.45, 2.75) is 31.6 Å². The van der Waals surface area contributed by atoms with Crippen LogP contribution in [0, 0.1) is 13.8 Å². The second kappa shape index (κ2) is 7.66. The predicted molar refractivity (Wildman–Crippen MR) is 91.0 cm³/mol. The topological polar surface area (TPSA) is 125 Å². The molecule has 25 heavy (non-hydrogen) atoms. The molecular weight excluding hydrogens is 346 g/mol. The van der Waals surface area contributed by atoms with Gasteiger partial charge in [-0.1, -0.05) is 5.16 Å². The van der Waals surface area contributed by atoms with E-state index in [4.69, 9.17) is 14.4 Å². The van der Waals surface area contributed by atoms with E-state index < -0.39 is 15.9 Å². The molecule has 136 valence electrons. The molecule has 1 amide bonds. The highest BCUT2D eigenvalue weighted by Crippen LogP contribution is 2.22. The molecule has 0 radical (unpaired) electrons. The molecular formula is C16H21N3O5S.